The van der Waals surface area contributed by atoms with Crippen LogP contribution >= 0.6 is 0 Å². The van der Waals surface area contributed by atoms with Gasteiger partial charge in [0.1, 0.15) is 13.5 Å². The number of carbonyl (C=O) groups is 1. The van der Waals surface area contributed by atoms with Gasteiger partial charge in [-0.2, -0.15) is 0 Å². The lowest BCUT2D eigenvalue weighted by molar-refractivity contribution is 0.106. The fourth-order valence-corrected chi connectivity index (χ4v) is 2.32. The van der Waals surface area contributed by atoms with E-state index in [9.17, 15) is 4.79 Å². The number of aryl methyl sites for hydroxylation is 1. The summed E-state index contributed by atoms with van der Waals surface area (Å²) in [6.45, 7) is 8.25. The molecular formula is C11H16OSi. The summed E-state index contributed by atoms with van der Waals surface area (Å²) >= 11 is 0. The van der Waals surface area contributed by atoms with Crippen LogP contribution in [0.3, 0.4) is 0 Å². The minimum Gasteiger partial charge on any atom is -0.300 e. The summed E-state index contributed by atoms with van der Waals surface area (Å²) in [5.41, 5.74) is 2.00. The SMILES string of the molecule is Cc1ccccc1C(=O)[Si](C)(C)C. The zero-order valence-corrected chi connectivity index (χ0v) is 9.72. The molecule has 0 aromatic heterocycles. The first-order valence-corrected chi connectivity index (χ1v) is 8.03. The average Bonchev–Trinajstić information content (AvgIpc) is 2.02. The first-order valence-electron chi connectivity index (χ1n) is 4.53. The van der Waals surface area contributed by atoms with E-state index in [2.05, 4.69) is 19.6 Å². The maximum absolute atomic E-state index is 11.9. The minimum absolute atomic E-state index is 0.352. The molecule has 0 aliphatic rings. The predicted octanol–water partition coefficient (Wildman–Crippen LogP) is 3.06. The maximum atomic E-state index is 11.9. The highest BCUT2D eigenvalue weighted by molar-refractivity contribution is 7.05. The van der Waals surface area contributed by atoms with Gasteiger partial charge in [-0.15, -0.1) is 0 Å². The van der Waals surface area contributed by atoms with Gasteiger partial charge in [0.2, 0.25) is 0 Å². The molecule has 70 valence electrons. The lowest BCUT2D eigenvalue weighted by Crippen LogP contribution is -2.33. The van der Waals surface area contributed by atoms with Crippen LogP contribution in [0.1, 0.15) is 15.9 Å². The van der Waals surface area contributed by atoms with Gasteiger partial charge in [0.25, 0.3) is 0 Å². The second-order valence-corrected chi connectivity index (χ2v) is 9.35. The zero-order chi connectivity index (χ0) is 10.1. The second kappa shape index (κ2) is 3.46. The van der Waals surface area contributed by atoms with E-state index in [0.717, 1.165) is 11.1 Å². The van der Waals surface area contributed by atoms with E-state index in [-0.39, 0.29) is 0 Å². The third kappa shape index (κ3) is 2.28. The highest BCUT2D eigenvalue weighted by Gasteiger charge is 2.26. The van der Waals surface area contributed by atoms with Crippen molar-refractivity contribution in [3.8, 4) is 0 Å². The van der Waals surface area contributed by atoms with Gasteiger partial charge in [0.05, 0.1) is 0 Å². The van der Waals surface area contributed by atoms with Crippen LogP contribution in [0.25, 0.3) is 0 Å². The number of carbonyl (C=O) groups excluding carboxylic acids is 1. The molecule has 0 aliphatic carbocycles. The smallest absolute Gasteiger partial charge is 0.140 e. The van der Waals surface area contributed by atoms with Crippen LogP contribution in [0.15, 0.2) is 24.3 Å². The van der Waals surface area contributed by atoms with E-state index >= 15 is 0 Å². The van der Waals surface area contributed by atoms with E-state index < -0.39 is 8.07 Å². The number of benzene rings is 1. The van der Waals surface area contributed by atoms with Crippen molar-refractivity contribution in [1.29, 1.82) is 0 Å². The van der Waals surface area contributed by atoms with Gasteiger partial charge in [-0.05, 0) is 12.5 Å². The van der Waals surface area contributed by atoms with Gasteiger partial charge < -0.3 is 4.79 Å². The van der Waals surface area contributed by atoms with E-state index in [1.807, 2.05) is 31.2 Å². The molecule has 0 heterocycles. The van der Waals surface area contributed by atoms with Crippen LogP contribution < -0.4 is 0 Å². The first-order chi connectivity index (χ1) is 5.93. The maximum Gasteiger partial charge on any atom is 0.140 e. The molecule has 1 aromatic rings. The Kier molecular flexibility index (Phi) is 2.71. The summed E-state index contributed by atoms with van der Waals surface area (Å²) in [7, 11) is -1.67. The summed E-state index contributed by atoms with van der Waals surface area (Å²) in [5, 5.41) is 0.352. The van der Waals surface area contributed by atoms with Crippen molar-refractivity contribution in [3.05, 3.63) is 35.4 Å². The molecule has 0 aliphatic heterocycles. The topological polar surface area (TPSA) is 17.1 Å². The third-order valence-electron chi connectivity index (χ3n) is 2.07. The number of rotatable bonds is 2. The summed E-state index contributed by atoms with van der Waals surface area (Å²) in [6, 6.07) is 7.82. The van der Waals surface area contributed by atoms with Crippen molar-refractivity contribution in [3.63, 3.8) is 0 Å². The molecule has 0 amide bonds. The summed E-state index contributed by atoms with van der Waals surface area (Å²) in [5.74, 6) is 0. The normalized spacial score (nSPS) is 11.4. The monoisotopic (exact) mass is 192 g/mol. The molecule has 0 bridgehead atoms. The Labute approximate surface area is 80.8 Å². The van der Waals surface area contributed by atoms with Crippen molar-refractivity contribution < 1.29 is 4.79 Å². The molecule has 1 nitrogen and oxygen atoms in total. The fraction of sp³-hybridized carbons (Fsp3) is 0.364. The molecule has 0 atom stereocenters. The van der Waals surface area contributed by atoms with Gasteiger partial charge in [0, 0.05) is 5.56 Å². The lowest BCUT2D eigenvalue weighted by Gasteiger charge is -2.15. The van der Waals surface area contributed by atoms with Crippen molar-refractivity contribution in [2.45, 2.75) is 26.6 Å². The standard InChI is InChI=1S/C11H16OSi/c1-9-7-5-6-8-10(9)11(12)13(2,3)4/h5-8H,1-4H3. The molecule has 0 radical (unpaired) electrons. The van der Waals surface area contributed by atoms with Gasteiger partial charge in [-0.3, -0.25) is 0 Å². The second-order valence-electron chi connectivity index (χ2n) is 4.39. The van der Waals surface area contributed by atoms with E-state index in [1.165, 1.54) is 0 Å². The molecule has 0 unspecified atom stereocenters. The molecule has 0 saturated heterocycles. The van der Waals surface area contributed by atoms with E-state index in [1.54, 1.807) is 0 Å². The quantitative estimate of drug-likeness (QED) is 0.658. The Bertz CT molecular complexity index is 323. The van der Waals surface area contributed by atoms with Crippen LogP contribution in [0, 0.1) is 6.92 Å². The highest BCUT2D eigenvalue weighted by Crippen LogP contribution is 2.15. The number of hydrogen-bond donors (Lipinski definition) is 0. The van der Waals surface area contributed by atoms with Gasteiger partial charge >= 0.3 is 0 Å². The third-order valence-corrected chi connectivity index (χ3v) is 3.70. The summed E-state index contributed by atoms with van der Waals surface area (Å²) in [4.78, 5) is 11.9. The Balaban J connectivity index is 3.10. The van der Waals surface area contributed by atoms with Crippen LogP contribution in [0.5, 0.6) is 0 Å². The van der Waals surface area contributed by atoms with Crippen LogP contribution in [0.2, 0.25) is 19.6 Å². The molecule has 0 spiro atoms. The van der Waals surface area contributed by atoms with Crippen LogP contribution in [0.4, 0.5) is 0 Å². The van der Waals surface area contributed by atoms with Crippen LogP contribution in [-0.4, -0.2) is 13.5 Å². The van der Waals surface area contributed by atoms with Gasteiger partial charge in [-0.1, -0.05) is 43.9 Å². The fourth-order valence-electron chi connectivity index (χ4n) is 1.23. The molecule has 0 fully saturated rings. The minimum atomic E-state index is -1.67. The first kappa shape index (κ1) is 10.2. The van der Waals surface area contributed by atoms with Gasteiger partial charge in [0.15, 0.2) is 0 Å². The highest BCUT2D eigenvalue weighted by atomic mass is 28.3. The zero-order valence-electron chi connectivity index (χ0n) is 8.72. The molecule has 13 heavy (non-hydrogen) atoms. The van der Waals surface area contributed by atoms with Crippen molar-refractivity contribution in [2.24, 2.45) is 0 Å². The van der Waals surface area contributed by atoms with Crippen molar-refractivity contribution in [1.82, 2.24) is 0 Å². The molecule has 0 N–H and O–H groups in total. The summed E-state index contributed by atoms with van der Waals surface area (Å²) in [6.07, 6.45) is 0. The largest absolute Gasteiger partial charge is 0.300 e. The lowest BCUT2D eigenvalue weighted by atomic mass is 10.1. The Morgan fingerprint density at radius 1 is 1.15 bits per heavy atom. The molecular weight excluding hydrogens is 176 g/mol. The molecule has 1 rings (SSSR count). The van der Waals surface area contributed by atoms with Crippen LogP contribution in [-0.2, 0) is 0 Å². The van der Waals surface area contributed by atoms with E-state index in [4.69, 9.17) is 0 Å². The average molecular weight is 192 g/mol. The number of hydrogen-bond acceptors (Lipinski definition) is 1. The van der Waals surface area contributed by atoms with Crippen molar-refractivity contribution >= 4 is 13.5 Å². The Hall–Kier alpha value is -0.893. The van der Waals surface area contributed by atoms with Crippen molar-refractivity contribution in [2.75, 3.05) is 0 Å². The summed E-state index contributed by atoms with van der Waals surface area (Å²) < 4.78 is 0. The molecule has 0 saturated carbocycles. The predicted molar refractivity (Wildman–Crippen MR) is 58.9 cm³/mol. The van der Waals surface area contributed by atoms with E-state index in [0.29, 0.717) is 5.41 Å². The Morgan fingerprint density at radius 2 is 1.69 bits per heavy atom. The Morgan fingerprint density at radius 3 is 2.15 bits per heavy atom. The molecule has 2 heteroatoms. The molecule has 1 aromatic carbocycles. The van der Waals surface area contributed by atoms with Gasteiger partial charge in [-0.25, -0.2) is 0 Å².